The van der Waals surface area contributed by atoms with Crippen LogP contribution >= 0.6 is 0 Å². The number of carboxylic acid groups (broad SMARTS) is 2. The van der Waals surface area contributed by atoms with E-state index < -0.39 is 11.9 Å². The summed E-state index contributed by atoms with van der Waals surface area (Å²) in [5, 5.41) is 22.1. The molecule has 0 aliphatic carbocycles. The van der Waals surface area contributed by atoms with Gasteiger partial charge in [-0.15, -0.1) is 0 Å². The number of aliphatic carboxylic acids is 1. The minimum absolute atomic E-state index is 0.00393. The Morgan fingerprint density at radius 1 is 0.857 bits per heavy atom. The highest BCUT2D eigenvalue weighted by atomic mass is 16.4. The maximum atomic E-state index is 12.3. The zero-order valence-corrected chi connectivity index (χ0v) is 19.0. The summed E-state index contributed by atoms with van der Waals surface area (Å²) in [4.78, 5) is 37.4. The highest BCUT2D eigenvalue weighted by Gasteiger charge is 2.21. The van der Waals surface area contributed by atoms with E-state index in [4.69, 9.17) is 4.42 Å². The highest BCUT2D eigenvalue weighted by molar-refractivity contribution is 6.17. The van der Waals surface area contributed by atoms with Crippen molar-refractivity contribution in [3.63, 3.8) is 0 Å². The fraction of sp³-hybridized carbons (Fsp3) is 0.107. The molecular weight excluding hydrogens is 446 g/mol. The van der Waals surface area contributed by atoms with Gasteiger partial charge in [-0.3, -0.25) is 9.59 Å². The van der Waals surface area contributed by atoms with Crippen molar-refractivity contribution >= 4 is 50.3 Å². The predicted octanol–water partition coefficient (Wildman–Crippen LogP) is 5.16. The van der Waals surface area contributed by atoms with E-state index in [-0.39, 0.29) is 17.4 Å². The molecule has 5 rings (SSSR count). The number of aromatic carboxylic acids is 1. The molecular formula is C28H21NO6. The lowest BCUT2D eigenvalue weighted by molar-refractivity contribution is -0.136. The quantitative estimate of drug-likeness (QED) is 0.272. The number of benzene rings is 4. The lowest BCUT2D eigenvalue weighted by atomic mass is 9.90. The van der Waals surface area contributed by atoms with Gasteiger partial charge in [0.25, 0.3) is 0 Å². The van der Waals surface area contributed by atoms with Gasteiger partial charge in [-0.1, -0.05) is 18.2 Å². The van der Waals surface area contributed by atoms with Crippen LogP contribution in [-0.4, -0.2) is 36.2 Å². The molecule has 0 saturated heterocycles. The minimum Gasteiger partial charge on any atom is -0.481 e. The van der Waals surface area contributed by atoms with Crippen molar-refractivity contribution in [2.24, 2.45) is 0 Å². The van der Waals surface area contributed by atoms with Crippen molar-refractivity contribution in [3.05, 3.63) is 88.1 Å². The Morgan fingerprint density at radius 2 is 1.60 bits per heavy atom. The molecule has 0 spiro atoms. The molecule has 0 aliphatic rings. The molecule has 0 unspecified atom stereocenters. The second-order valence-electron chi connectivity index (χ2n) is 8.63. The summed E-state index contributed by atoms with van der Waals surface area (Å²) < 4.78 is 6.38. The zero-order valence-electron chi connectivity index (χ0n) is 19.0. The van der Waals surface area contributed by atoms with Crippen LogP contribution in [0.1, 0.15) is 15.9 Å². The molecule has 0 radical (unpaired) electrons. The number of hydrogen-bond acceptors (Lipinski definition) is 5. The van der Waals surface area contributed by atoms with Gasteiger partial charge < -0.3 is 19.5 Å². The lowest BCUT2D eigenvalue weighted by Crippen LogP contribution is -2.08. The van der Waals surface area contributed by atoms with Gasteiger partial charge in [0.15, 0.2) is 5.43 Å². The first-order valence-electron chi connectivity index (χ1n) is 10.9. The third-order valence-electron chi connectivity index (χ3n) is 6.11. The summed E-state index contributed by atoms with van der Waals surface area (Å²) in [6.07, 6.45) is -0.277. The first kappa shape index (κ1) is 22.2. The molecule has 0 aliphatic heterocycles. The molecule has 7 heteroatoms. The fourth-order valence-electron chi connectivity index (χ4n) is 4.48. The molecule has 35 heavy (non-hydrogen) atoms. The van der Waals surface area contributed by atoms with Gasteiger partial charge in [0.2, 0.25) is 0 Å². The van der Waals surface area contributed by atoms with Gasteiger partial charge in [-0.2, -0.15) is 0 Å². The summed E-state index contributed by atoms with van der Waals surface area (Å²) in [6.45, 7) is 0. The van der Waals surface area contributed by atoms with Crippen LogP contribution in [0.2, 0.25) is 0 Å². The second kappa shape index (κ2) is 8.29. The summed E-state index contributed by atoms with van der Waals surface area (Å²) in [6, 6.07) is 18.8. The number of nitrogens with zero attached hydrogens (tertiary/aromatic N) is 1. The second-order valence-corrected chi connectivity index (χ2v) is 8.63. The SMILES string of the molecule is CN(C)c1ccc2c(-c3ccc(CC(=O)O)cc3C(=O)O)c3ccc4cc(=O)ccc4c3oc2c1. The molecule has 0 fully saturated rings. The third-order valence-corrected chi connectivity index (χ3v) is 6.11. The molecule has 0 amide bonds. The summed E-state index contributed by atoms with van der Waals surface area (Å²) >= 11 is 0. The summed E-state index contributed by atoms with van der Waals surface area (Å²) in [5.74, 6) is -2.19. The van der Waals surface area contributed by atoms with Gasteiger partial charge in [-0.05, 0) is 59.0 Å². The maximum absolute atomic E-state index is 12.3. The van der Waals surface area contributed by atoms with Crippen molar-refractivity contribution < 1.29 is 24.2 Å². The molecule has 0 saturated carbocycles. The molecule has 5 aromatic rings. The van der Waals surface area contributed by atoms with Crippen molar-refractivity contribution in [3.8, 4) is 11.1 Å². The maximum Gasteiger partial charge on any atom is 0.336 e. The standard InChI is InChI=1S/C28H21NO6/c1-29(2)17-5-9-21-24(14-17)35-27-19-10-6-18(30)13-16(19)4-8-22(27)26(21)20-7-3-15(12-25(31)32)11-23(20)28(33)34/h3-11,13-14H,12H2,1-2H3,(H,31,32)(H,33,34). The molecule has 0 bridgehead atoms. The topological polar surface area (TPSA) is 108 Å². The van der Waals surface area contributed by atoms with E-state index in [1.54, 1.807) is 18.2 Å². The Balaban J connectivity index is 1.94. The summed E-state index contributed by atoms with van der Waals surface area (Å²) in [5.41, 5.74) is 3.41. The van der Waals surface area contributed by atoms with E-state index in [0.29, 0.717) is 33.2 Å². The van der Waals surface area contributed by atoms with Crippen LogP contribution in [0, 0.1) is 0 Å². The van der Waals surface area contributed by atoms with Crippen LogP contribution in [0.4, 0.5) is 5.69 Å². The van der Waals surface area contributed by atoms with E-state index in [0.717, 1.165) is 21.8 Å². The molecule has 7 nitrogen and oxygen atoms in total. The Labute approximate surface area is 199 Å². The van der Waals surface area contributed by atoms with Crippen LogP contribution in [0.3, 0.4) is 0 Å². The van der Waals surface area contributed by atoms with Crippen LogP contribution in [0.25, 0.3) is 43.8 Å². The Morgan fingerprint density at radius 3 is 2.31 bits per heavy atom. The average Bonchev–Trinajstić information content (AvgIpc) is 2.81. The molecule has 2 N–H and O–H groups in total. The monoisotopic (exact) mass is 467 g/mol. The predicted molar refractivity (Wildman–Crippen MR) is 136 cm³/mol. The number of anilines is 1. The van der Waals surface area contributed by atoms with Crippen LogP contribution in [0.5, 0.6) is 0 Å². The third kappa shape index (κ3) is 3.87. The smallest absolute Gasteiger partial charge is 0.336 e. The average molecular weight is 467 g/mol. The van der Waals surface area contributed by atoms with E-state index >= 15 is 0 Å². The van der Waals surface area contributed by atoms with Crippen molar-refractivity contribution in [2.45, 2.75) is 6.42 Å². The molecule has 1 aromatic heterocycles. The minimum atomic E-state index is -1.16. The molecule has 1 heterocycles. The largest absolute Gasteiger partial charge is 0.481 e. The van der Waals surface area contributed by atoms with Gasteiger partial charge >= 0.3 is 11.9 Å². The number of rotatable bonds is 5. The Kier molecular flexibility index (Phi) is 5.25. The van der Waals surface area contributed by atoms with Gasteiger partial charge in [0, 0.05) is 47.6 Å². The highest BCUT2D eigenvalue weighted by Crippen LogP contribution is 2.41. The van der Waals surface area contributed by atoms with E-state index in [2.05, 4.69) is 0 Å². The van der Waals surface area contributed by atoms with Gasteiger partial charge in [-0.25, -0.2) is 4.79 Å². The first-order chi connectivity index (χ1) is 16.7. The summed E-state index contributed by atoms with van der Waals surface area (Å²) in [7, 11) is 3.83. The Bertz CT molecular complexity index is 1730. The lowest BCUT2D eigenvalue weighted by Gasteiger charge is -2.17. The molecule has 4 aromatic carbocycles. The molecule has 0 atom stereocenters. The number of fused-ring (bicyclic) bond motifs is 4. The van der Waals surface area contributed by atoms with E-state index in [1.165, 1.54) is 18.2 Å². The van der Waals surface area contributed by atoms with Gasteiger partial charge in [0.1, 0.15) is 11.2 Å². The number of carboxylic acids is 2. The normalized spacial score (nSPS) is 11.3. The van der Waals surface area contributed by atoms with Gasteiger partial charge in [0.05, 0.1) is 12.0 Å². The van der Waals surface area contributed by atoms with E-state index in [9.17, 15) is 24.6 Å². The fourth-order valence-corrected chi connectivity index (χ4v) is 4.48. The van der Waals surface area contributed by atoms with Crippen molar-refractivity contribution in [2.75, 3.05) is 19.0 Å². The Hall–Kier alpha value is -4.65. The van der Waals surface area contributed by atoms with Crippen molar-refractivity contribution in [1.29, 1.82) is 0 Å². The number of hydrogen-bond donors (Lipinski definition) is 2. The van der Waals surface area contributed by atoms with Crippen LogP contribution in [-0.2, 0) is 11.2 Å². The van der Waals surface area contributed by atoms with Crippen LogP contribution < -0.4 is 10.3 Å². The van der Waals surface area contributed by atoms with E-state index in [1.807, 2.05) is 49.3 Å². The molecule has 174 valence electrons. The number of carbonyl (C=O) groups is 2. The van der Waals surface area contributed by atoms with Crippen LogP contribution in [0.15, 0.2) is 75.9 Å². The first-order valence-corrected chi connectivity index (χ1v) is 10.9. The van der Waals surface area contributed by atoms with Crippen molar-refractivity contribution in [1.82, 2.24) is 0 Å². The zero-order chi connectivity index (χ0) is 24.9.